The predicted octanol–water partition coefficient (Wildman–Crippen LogP) is 2.24. The SMILES string of the molecule is COc1cc(CCN(C)C)cc(OC)c1OC.Cl. The topological polar surface area (TPSA) is 30.9 Å². The number of likely N-dealkylation sites (N-methyl/N-ethyl adjacent to an activating group) is 1. The van der Waals surface area contributed by atoms with Crippen LogP contribution in [0.4, 0.5) is 0 Å². The number of halogens is 1. The third kappa shape index (κ3) is 4.27. The van der Waals surface area contributed by atoms with Crippen molar-refractivity contribution in [1.29, 1.82) is 0 Å². The molecule has 0 spiro atoms. The smallest absolute Gasteiger partial charge is 0.203 e. The highest BCUT2D eigenvalue weighted by atomic mass is 35.5. The molecule has 0 aromatic heterocycles. The Morgan fingerprint density at radius 2 is 1.44 bits per heavy atom. The Hall–Kier alpha value is -1.13. The molecule has 0 heterocycles. The van der Waals surface area contributed by atoms with E-state index in [0.717, 1.165) is 13.0 Å². The van der Waals surface area contributed by atoms with Gasteiger partial charge in [-0.15, -0.1) is 12.4 Å². The normalized spacial score (nSPS) is 9.89. The van der Waals surface area contributed by atoms with Gasteiger partial charge in [0.05, 0.1) is 21.3 Å². The van der Waals surface area contributed by atoms with E-state index in [2.05, 4.69) is 19.0 Å². The number of rotatable bonds is 6. The van der Waals surface area contributed by atoms with Crippen LogP contribution in [0.2, 0.25) is 0 Å². The number of methoxy groups -OCH3 is 3. The Balaban J connectivity index is 0.00000289. The van der Waals surface area contributed by atoms with Gasteiger partial charge in [0.15, 0.2) is 11.5 Å². The first-order valence-electron chi connectivity index (χ1n) is 5.56. The molecule has 5 heteroatoms. The van der Waals surface area contributed by atoms with E-state index in [4.69, 9.17) is 14.2 Å². The van der Waals surface area contributed by atoms with Crippen molar-refractivity contribution in [1.82, 2.24) is 4.90 Å². The molecule has 0 bridgehead atoms. The maximum absolute atomic E-state index is 5.31. The summed E-state index contributed by atoms with van der Waals surface area (Å²) in [6.07, 6.45) is 0.948. The molecule has 1 aromatic rings. The van der Waals surface area contributed by atoms with Crippen LogP contribution >= 0.6 is 12.4 Å². The Morgan fingerprint density at radius 3 is 1.78 bits per heavy atom. The third-order valence-electron chi connectivity index (χ3n) is 2.57. The maximum Gasteiger partial charge on any atom is 0.203 e. The number of ether oxygens (including phenoxy) is 3. The van der Waals surface area contributed by atoms with Crippen LogP contribution in [0.25, 0.3) is 0 Å². The highest BCUT2D eigenvalue weighted by Crippen LogP contribution is 2.38. The molecular formula is C13H22ClNO3. The van der Waals surface area contributed by atoms with Crippen LogP contribution in [0.5, 0.6) is 17.2 Å². The lowest BCUT2D eigenvalue weighted by Gasteiger charge is -2.15. The summed E-state index contributed by atoms with van der Waals surface area (Å²) >= 11 is 0. The van der Waals surface area contributed by atoms with Gasteiger partial charge < -0.3 is 19.1 Å². The molecule has 0 unspecified atom stereocenters. The first kappa shape index (κ1) is 16.9. The van der Waals surface area contributed by atoms with Gasteiger partial charge >= 0.3 is 0 Å². The minimum Gasteiger partial charge on any atom is -0.493 e. The van der Waals surface area contributed by atoms with Crippen molar-refractivity contribution in [3.8, 4) is 17.2 Å². The van der Waals surface area contributed by atoms with Crippen LogP contribution in [0, 0.1) is 0 Å². The largest absolute Gasteiger partial charge is 0.493 e. The van der Waals surface area contributed by atoms with E-state index in [1.54, 1.807) is 21.3 Å². The number of hydrogen-bond acceptors (Lipinski definition) is 4. The summed E-state index contributed by atoms with van der Waals surface area (Å²) in [5, 5.41) is 0. The summed E-state index contributed by atoms with van der Waals surface area (Å²) in [4.78, 5) is 2.14. The predicted molar refractivity (Wildman–Crippen MR) is 75.6 cm³/mol. The van der Waals surface area contributed by atoms with Crippen molar-refractivity contribution in [2.45, 2.75) is 6.42 Å². The lowest BCUT2D eigenvalue weighted by atomic mass is 10.1. The quantitative estimate of drug-likeness (QED) is 0.797. The fourth-order valence-corrected chi connectivity index (χ4v) is 1.63. The molecule has 0 amide bonds. The standard InChI is InChI=1S/C13H21NO3.ClH/c1-14(2)7-6-10-8-11(15-3)13(17-5)12(9-10)16-4;/h8-9H,6-7H2,1-5H3;1H. The molecular weight excluding hydrogens is 254 g/mol. The molecule has 0 aliphatic rings. The lowest BCUT2D eigenvalue weighted by Crippen LogP contribution is -2.15. The van der Waals surface area contributed by atoms with Crippen molar-refractivity contribution in [3.05, 3.63) is 17.7 Å². The maximum atomic E-state index is 5.31. The average molecular weight is 276 g/mol. The highest BCUT2D eigenvalue weighted by molar-refractivity contribution is 5.85. The Morgan fingerprint density at radius 1 is 0.944 bits per heavy atom. The first-order chi connectivity index (χ1) is 8.12. The van der Waals surface area contributed by atoms with Gasteiger partial charge in [-0.1, -0.05) is 0 Å². The summed E-state index contributed by atoms with van der Waals surface area (Å²) < 4.78 is 15.9. The van der Waals surface area contributed by atoms with Crippen LogP contribution in [-0.2, 0) is 6.42 Å². The number of hydrogen-bond donors (Lipinski definition) is 0. The zero-order chi connectivity index (χ0) is 12.8. The van der Waals surface area contributed by atoms with E-state index in [1.165, 1.54) is 5.56 Å². The Bertz CT molecular complexity index is 344. The van der Waals surface area contributed by atoms with Crippen molar-refractivity contribution < 1.29 is 14.2 Å². The van der Waals surface area contributed by atoms with E-state index < -0.39 is 0 Å². The van der Waals surface area contributed by atoms with Crippen LogP contribution in [0.15, 0.2) is 12.1 Å². The molecule has 0 fully saturated rings. The van der Waals surface area contributed by atoms with Crippen molar-refractivity contribution in [3.63, 3.8) is 0 Å². The summed E-state index contributed by atoms with van der Waals surface area (Å²) in [5.74, 6) is 2.06. The molecule has 0 aliphatic carbocycles. The summed E-state index contributed by atoms with van der Waals surface area (Å²) in [7, 11) is 8.98. The number of nitrogens with zero attached hydrogens (tertiary/aromatic N) is 1. The van der Waals surface area contributed by atoms with Crippen LogP contribution in [-0.4, -0.2) is 46.9 Å². The van der Waals surface area contributed by atoms with E-state index in [1.807, 2.05) is 12.1 Å². The fraction of sp³-hybridized carbons (Fsp3) is 0.538. The zero-order valence-electron chi connectivity index (χ0n) is 11.6. The van der Waals surface area contributed by atoms with Crippen molar-refractivity contribution in [2.75, 3.05) is 42.0 Å². The van der Waals surface area contributed by atoms with Gasteiger partial charge in [0.1, 0.15) is 0 Å². The van der Waals surface area contributed by atoms with Crippen molar-refractivity contribution in [2.24, 2.45) is 0 Å². The number of benzene rings is 1. The van der Waals surface area contributed by atoms with Gasteiger partial charge in [0.25, 0.3) is 0 Å². The molecule has 1 aromatic carbocycles. The zero-order valence-corrected chi connectivity index (χ0v) is 12.5. The second-order valence-corrected chi connectivity index (χ2v) is 4.09. The Kier molecular flexibility index (Phi) is 7.55. The molecule has 0 N–H and O–H groups in total. The van der Waals surface area contributed by atoms with Gasteiger partial charge in [-0.05, 0) is 38.2 Å². The van der Waals surface area contributed by atoms with Gasteiger partial charge in [-0.25, -0.2) is 0 Å². The van der Waals surface area contributed by atoms with Gasteiger partial charge in [-0.2, -0.15) is 0 Å². The minimum atomic E-state index is 0. The molecule has 0 atom stereocenters. The average Bonchev–Trinajstić information content (AvgIpc) is 2.34. The molecule has 1 rings (SSSR count). The van der Waals surface area contributed by atoms with Crippen LogP contribution in [0.1, 0.15) is 5.56 Å². The van der Waals surface area contributed by atoms with Crippen LogP contribution in [0.3, 0.4) is 0 Å². The van der Waals surface area contributed by atoms with E-state index in [-0.39, 0.29) is 12.4 Å². The molecule has 104 valence electrons. The minimum absolute atomic E-state index is 0. The molecule has 0 saturated carbocycles. The summed E-state index contributed by atoms with van der Waals surface area (Å²) in [6, 6.07) is 3.98. The van der Waals surface area contributed by atoms with E-state index in [0.29, 0.717) is 17.2 Å². The molecule has 18 heavy (non-hydrogen) atoms. The third-order valence-corrected chi connectivity index (χ3v) is 2.57. The Labute approximate surface area is 115 Å². The molecule has 0 radical (unpaired) electrons. The van der Waals surface area contributed by atoms with Crippen LogP contribution < -0.4 is 14.2 Å². The van der Waals surface area contributed by atoms with Gasteiger partial charge in [-0.3, -0.25) is 0 Å². The summed E-state index contributed by atoms with van der Waals surface area (Å²) in [6.45, 7) is 0.985. The monoisotopic (exact) mass is 275 g/mol. The van der Waals surface area contributed by atoms with Crippen molar-refractivity contribution >= 4 is 12.4 Å². The molecule has 4 nitrogen and oxygen atoms in total. The molecule has 0 aliphatic heterocycles. The van der Waals surface area contributed by atoms with Gasteiger partial charge in [0.2, 0.25) is 5.75 Å². The summed E-state index contributed by atoms with van der Waals surface area (Å²) in [5.41, 5.74) is 1.17. The second kappa shape index (κ2) is 8.06. The van der Waals surface area contributed by atoms with E-state index in [9.17, 15) is 0 Å². The fourth-order valence-electron chi connectivity index (χ4n) is 1.63. The second-order valence-electron chi connectivity index (χ2n) is 4.09. The highest BCUT2D eigenvalue weighted by Gasteiger charge is 2.12. The first-order valence-corrected chi connectivity index (χ1v) is 5.56. The van der Waals surface area contributed by atoms with E-state index >= 15 is 0 Å². The lowest BCUT2D eigenvalue weighted by molar-refractivity contribution is 0.323. The van der Waals surface area contributed by atoms with Gasteiger partial charge in [0, 0.05) is 6.54 Å². The molecule has 0 saturated heterocycles.